The Morgan fingerprint density at radius 3 is 2.66 bits per heavy atom. The number of alkyl halides is 2. The molecule has 3 heterocycles. The number of hydrogen-bond acceptors (Lipinski definition) is 6. The number of aliphatic imine (C=N–C) groups is 1. The van der Waals surface area contributed by atoms with E-state index < -0.39 is 12.0 Å². The van der Waals surface area contributed by atoms with E-state index in [2.05, 4.69) is 4.98 Å². The first-order valence-electron chi connectivity index (χ1n) is 10.2. The molecule has 6 nitrogen and oxygen atoms in total. The zero-order chi connectivity index (χ0) is 22.9. The van der Waals surface area contributed by atoms with Crippen molar-refractivity contribution in [2.75, 3.05) is 13.7 Å². The van der Waals surface area contributed by atoms with Crippen LogP contribution in [-0.4, -0.2) is 35.9 Å². The molecule has 0 bridgehead atoms. The molecule has 0 radical (unpaired) electrons. The van der Waals surface area contributed by atoms with Gasteiger partial charge in [0.05, 0.1) is 25.1 Å². The number of hydrogen-bond donors (Lipinski definition) is 1. The van der Waals surface area contributed by atoms with Crippen LogP contribution in [0.25, 0.3) is 0 Å². The van der Waals surface area contributed by atoms with E-state index in [-0.39, 0.29) is 13.0 Å². The summed E-state index contributed by atoms with van der Waals surface area (Å²) in [4.78, 5) is 14.1. The number of halogens is 2. The Kier molecular flexibility index (Phi) is 5.78. The predicted molar refractivity (Wildman–Crippen MR) is 118 cm³/mol. The van der Waals surface area contributed by atoms with Crippen LogP contribution in [0.1, 0.15) is 40.2 Å². The highest BCUT2D eigenvalue weighted by Gasteiger charge is 2.45. The minimum Gasteiger partial charge on any atom is -0.495 e. The minimum atomic E-state index is -2.42. The van der Waals surface area contributed by atoms with Gasteiger partial charge in [-0.05, 0) is 49.2 Å². The molecule has 8 heteroatoms. The topological polar surface area (TPSA) is 82.6 Å². The summed E-state index contributed by atoms with van der Waals surface area (Å²) in [5.41, 5.74) is 9.66. The number of benzene rings is 1. The van der Waals surface area contributed by atoms with E-state index in [4.69, 9.17) is 25.2 Å². The van der Waals surface area contributed by atoms with Gasteiger partial charge in [0.2, 0.25) is 6.43 Å². The van der Waals surface area contributed by atoms with Gasteiger partial charge in [0.1, 0.15) is 23.0 Å². The molecule has 0 saturated carbocycles. The SMILES string of the molecule is COc1c(C)cc(C2(c3cccc(OCCC(F)F)c3)N=C(N)c3ncccc32)nc1C. The van der Waals surface area contributed by atoms with Gasteiger partial charge in [0.25, 0.3) is 0 Å². The number of fused-ring (bicyclic) bond motifs is 1. The van der Waals surface area contributed by atoms with Crippen molar-refractivity contribution in [3.63, 3.8) is 0 Å². The van der Waals surface area contributed by atoms with Gasteiger partial charge in [0.15, 0.2) is 5.54 Å². The van der Waals surface area contributed by atoms with Gasteiger partial charge in [-0.15, -0.1) is 0 Å². The maximum absolute atomic E-state index is 12.6. The summed E-state index contributed by atoms with van der Waals surface area (Å²) in [6.45, 7) is 3.73. The lowest BCUT2D eigenvalue weighted by Gasteiger charge is -2.29. The summed E-state index contributed by atoms with van der Waals surface area (Å²) in [7, 11) is 1.61. The van der Waals surface area contributed by atoms with Crippen LogP contribution in [0, 0.1) is 13.8 Å². The van der Waals surface area contributed by atoms with Gasteiger partial charge in [-0.25, -0.2) is 13.8 Å². The molecule has 0 amide bonds. The molecule has 166 valence electrons. The Hall–Kier alpha value is -3.55. The number of rotatable bonds is 7. The molecule has 0 spiro atoms. The number of aryl methyl sites for hydroxylation is 2. The van der Waals surface area contributed by atoms with E-state index in [0.29, 0.717) is 28.7 Å². The molecule has 1 atom stereocenters. The molecule has 1 unspecified atom stereocenters. The molecule has 3 aromatic rings. The van der Waals surface area contributed by atoms with E-state index in [1.165, 1.54) is 0 Å². The summed E-state index contributed by atoms with van der Waals surface area (Å²) in [6, 6.07) is 12.9. The van der Waals surface area contributed by atoms with Crippen LogP contribution in [0.5, 0.6) is 11.5 Å². The van der Waals surface area contributed by atoms with Crippen LogP contribution in [-0.2, 0) is 5.54 Å². The summed E-state index contributed by atoms with van der Waals surface area (Å²) in [6.07, 6.45) is -1.10. The number of ether oxygens (including phenoxy) is 2. The van der Waals surface area contributed by atoms with E-state index in [9.17, 15) is 8.78 Å². The number of aromatic nitrogens is 2. The normalized spacial score (nSPS) is 17.2. The second kappa shape index (κ2) is 8.53. The predicted octanol–water partition coefficient (Wildman–Crippen LogP) is 4.15. The maximum Gasteiger partial charge on any atom is 0.241 e. The third-order valence-corrected chi connectivity index (χ3v) is 5.49. The van der Waals surface area contributed by atoms with Gasteiger partial charge < -0.3 is 15.2 Å². The molecular formula is C24H24F2N4O2. The van der Waals surface area contributed by atoms with E-state index in [1.807, 2.05) is 38.1 Å². The average molecular weight is 438 g/mol. The first-order chi connectivity index (χ1) is 15.4. The van der Waals surface area contributed by atoms with Gasteiger partial charge in [-0.3, -0.25) is 9.97 Å². The van der Waals surface area contributed by atoms with Crippen LogP contribution in [0.2, 0.25) is 0 Å². The van der Waals surface area contributed by atoms with Crippen LogP contribution in [0.3, 0.4) is 0 Å². The molecule has 0 fully saturated rings. The summed E-state index contributed by atoms with van der Waals surface area (Å²) in [5.74, 6) is 1.47. The van der Waals surface area contributed by atoms with Crippen LogP contribution in [0.4, 0.5) is 8.78 Å². The Balaban J connectivity index is 1.91. The average Bonchev–Trinajstić information content (AvgIpc) is 3.07. The van der Waals surface area contributed by atoms with Gasteiger partial charge >= 0.3 is 0 Å². The molecule has 32 heavy (non-hydrogen) atoms. The van der Waals surface area contributed by atoms with E-state index >= 15 is 0 Å². The summed E-state index contributed by atoms with van der Waals surface area (Å²) >= 11 is 0. The quantitative estimate of drug-likeness (QED) is 0.599. The van der Waals surface area contributed by atoms with Crippen molar-refractivity contribution in [2.45, 2.75) is 32.2 Å². The highest BCUT2D eigenvalue weighted by Crippen LogP contribution is 2.46. The second-order valence-corrected chi connectivity index (χ2v) is 7.61. The standard InChI is InChI=1S/C24H24F2N4O2/c1-14-12-19(29-15(2)22(14)31-3)24(18-8-5-10-28-21(18)23(27)30-24)16-6-4-7-17(13-16)32-11-9-20(25)26/h4-8,10,12-13,20H,9,11H2,1-3H3,(H2,27,30). The lowest BCUT2D eigenvalue weighted by Crippen LogP contribution is -2.27. The Morgan fingerprint density at radius 1 is 1.12 bits per heavy atom. The van der Waals surface area contributed by atoms with Crippen molar-refractivity contribution in [1.82, 2.24) is 9.97 Å². The second-order valence-electron chi connectivity index (χ2n) is 7.61. The molecule has 1 aliphatic heterocycles. The van der Waals surface area contributed by atoms with Gasteiger partial charge in [-0.1, -0.05) is 18.2 Å². The third-order valence-electron chi connectivity index (χ3n) is 5.49. The lowest BCUT2D eigenvalue weighted by molar-refractivity contribution is 0.114. The van der Waals surface area contributed by atoms with Gasteiger partial charge in [0, 0.05) is 18.2 Å². The smallest absolute Gasteiger partial charge is 0.241 e. The molecular weight excluding hydrogens is 414 g/mol. The highest BCUT2D eigenvalue weighted by atomic mass is 19.3. The Morgan fingerprint density at radius 2 is 1.94 bits per heavy atom. The zero-order valence-corrected chi connectivity index (χ0v) is 18.1. The lowest BCUT2D eigenvalue weighted by atomic mass is 9.80. The third kappa shape index (κ3) is 3.66. The molecule has 2 N–H and O–H groups in total. The van der Waals surface area contributed by atoms with Crippen molar-refractivity contribution in [3.05, 3.63) is 82.4 Å². The molecule has 0 aliphatic carbocycles. The molecule has 2 aromatic heterocycles. The minimum absolute atomic E-state index is 0.0866. The van der Waals surface area contributed by atoms with Crippen LogP contribution < -0.4 is 15.2 Å². The number of nitrogens with two attached hydrogens (primary N) is 1. The zero-order valence-electron chi connectivity index (χ0n) is 18.1. The van der Waals surface area contributed by atoms with Crippen LogP contribution in [0.15, 0.2) is 53.7 Å². The molecule has 1 aliphatic rings. The van der Waals surface area contributed by atoms with E-state index in [1.54, 1.807) is 31.5 Å². The molecule has 1 aromatic carbocycles. The van der Waals surface area contributed by atoms with Gasteiger partial charge in [-0.2, -0.15) is 0 Å². The Labute approximate surface area is 185 Å². The van der Waals surface area contributed by atoms with Crippen molar-refractivity contribution in [2.24, 2.45) is 10.7 Å². The summed E-state index contributed by atoms with van der Waals surface area (Å²) < 4.78 is 36.2. The monoisotopic (exact) mass is 438 g/mol. The Bertz CT molecular complexity index is 1160. The van der Waals surface area contributed by atoms with E-state index in [0.717, 1.165) is 22.4 Å². The number of amidine groups is 1. The van der Waals surface area contributed by atoms with Crippen LogP contribution >= 0.6 is 0 Å². The van der Waals surface area contributed by atoms with Crippen molar-refractivity contribution < 1.29 is 18.3 Å². The maximum atomic E-state index is 12.6. The van der Waals surface area contributed by atoms with Crippen molar-refractivity contribution in [1.29, 1.82) is 0 Å². The molecule has 4 rings (SSSR count). The highest BCUT2D eigenvalue weighted by molar-refractivity contribution is 6.01. The fourth-order valence-electron chi connectivity index (χ4n) is 4.15. The van der Waals surface area contributed by atoms with Crippen molar-refractivity contribution >= 4 is 5.84 Å². The first-order valence-corrected chi connectivity index (χ1v) is 10.2. The number of nitrogens with zero attached hydrogens (tertiary/aromatic N) is 3. The largest absolute Gasteiger partial charge is 0.495 e. The fourth-order valence-corrected chi connectivity index (χ4v) is 4.15. The number of pyridine rings is 2. The summed E-state index contributed by atoms with van der Waals surface area (Å²) in [5, 5.41) is 0. The van der Waals surface area contributed by atoms with Crippen molar-refractivity contribution in [3.8, 4) is 11.5 Å². The first kappa shape index (κ1) is 21.7. The number of methoxy groups -OCH3 is 1. The fraction of sp³-hybridized carbons (Fsp3) is 0.292. The molecule has 0 saturated heterocycles.